The second kappa shape index (κ2) is 5.14. The predicted octanol–water partition coefficient (Wildman–Crippen LogP) is 0.673. The lowest BCUT2D eigenvalue weighted by atomic mass is 10.2. The first-order chi connectivity index (χ1) is 8.22. The molecule has 1 N–H and O–H groups in total. The summed E-state index contributed by atoms with van der Waals surface area (Å²) in [6.07, 6.45) is 3.24. The Kier molecular flexibility index (Phi) is 3.58. The summed E-state index contributed by atoms with van der Waals surface area (Å²) in [5.74, 6) is 0.258. The maximum absolute atomic E-state index is 11.9. The number of rotatable bonds is 4. The molecule has 2 rings (SSSR count). The summed E-state index contributed by atoms with van der Waals surface area (Å²) in [5, 5.41) is 2.63. The van der Waals surface area contributed by atoms with E-state index in [-0.39, 0.29) is 24.3 Å². The second-order valence-electron chi connectivity index (χ2n) is 4.14. The number of nitrogens with zero attached hydrogens (tertiary/aromatic N) is 1. The van der Waals surface area contributed by atoms with Gasteiger partial charge in [0, 0.05) is 7.05 Å². The van der Waals surface area contributed by atoms with Crippen LogP contribution in [0.1, 0.15) is 23.4 Å². The van der Waals surface area contributed by atoms with Gasteiger partial charge in [0.2, 0.25) is 11.7 Å². The Bertz CT molecular complexity index is 400. The number of likely N-dealkylation sites (N-methyl/N-ethyl adjacent to an activating group) is 1. The Balaban J connectivity index is 1.98. The van der Waals surface area contributed by atoms with Gasteiger partial charge in [-0.25, -0.2) is 0 Å². The quantitative estimate of drug-likeness (QED) is 0.781. The van der Waals surface area contributed by atoms with Gasteiger partial charge in [-0.15, -0.1) is 0 Å². The van der Waals surface area contributed by atoms with Gasteiger partial charge >= 0.3 is 0 Å². The van der Waals surface area contributed by atoms with Crippen molar-refractivity contribution in [2.45, 2.75) is 18.9 Å². The van der Waals surface area contributed by atoms with Crippen LogP contribution in [0, 0.1) is 0 Å². The molecule has 1 atom stereocenters. The number of carbonyl (C=O) groups is 2. The third-order valence-electron chi connectivity index (χ3n) is 3.06. The fourth-order valence-electron chi connectivity index (χ4n) is 2.18. The molecule has 17 heavy (non-hydrogen) atoms. The monoisotopic (exact) mass is 236 g/mol. The molecule has 1 aliphatic rings. The van der Waals surface area contributed by atoms with Crippen molar-refractivity contribution < 1.29 is 14.0 Å². The van der Waals surface area contributed by atoms with Crippen molar-refractivity contribution in [3.05, 3.63) is 24.2 Å². The van der Waals surface area contributed by atoms with E-state index in [2.05, 4.69) is 5.32 Å². The Hall–Kier alpha value is -1.62. The lowest BCUT2D eigenvalue weighted by Crippen LogP contribution is -2.43. The molecule has 0 radical (unpaired) electrons. The van der Waals surface area contributed by atoms with E-state index in [1.54, 1.807) is 19.2 Å². The van der Waals surface area contributed by atoms with Crippen molar-refractivity contribution in [3.8, 4) is 0 Å². The molecule has 0 spiro atoms. The van der Waals surface area contributed by atoms with Gasteiger partial charge in [-0.05, 0) is 31.5 Å². The molecular formula is C12H16N2O3. The van der Waals surface area contributed by atoms with Gasteiger partial charge in [-0.2, -0.15) is 0 Å². The highest BCUT2D eigenvalue weighted by Gasteiger charge is 2.31. The minimum atomic E-state index is -0.182. The number of nitrogens with one attached hydrogen (secondary N) is 1. The topological polar surface area (TPSA) is 62.6 Å². The summed E-state index contributed by atoms with van der Waals surface area (Å²) in [7, 11) is 1.62. The number of furan rings is 1. The van der Waals surface area contributed by atoms with Crippen LogP contribution in [0.3, 0.4) is 0 Å². The third kappa shape index (κ3) is 2.55. The largest absolute Gasteiger partial charge is 0.461 e. The van der Waals surface area contributed by atoms with Crippen molar-refractivity contribution in [2.75, 3.05) is 20.1 Å². The smallest absolute Gasteiger partial charge is 0.237 e. The SMILES string of the molecule is CNC(=O)C1CCCN1CC(=O)c1ccco1. The minimum Gasteiger partial charge on any atom is -0.461 e. The third-order valence-corrected chi connectivity index (χ3v) is 3.06. The molecule has 5 nitrogen and oxygen atoms in total. The molecule has 1 aliphatic heterocycles. The van der Waals surface area contributed by atoms with E-state index in [0.29, 0.717) is 5.76 Å². The van der Waals surface area contributed by atoms with Crippen LogP contribution in [0.25, 0.3) is 0 Å². The highest BCUT2D eigenvalue weighted by molar-refractivity contribution is 5.95. The van der Waals surface area contributed by atoms with Gasteiger partial charge in [-0.1, -0.05) is 0 Å². The van der Waals surface area contributed by atoms with E-state index in [0.717, 1.165) is 19.4 Å². The van der Waals surface area contributed by atoms with E-state index in [9.17, 15) is 9.59 Å². The van der Waals surface area contributed by atoms with Crippen molar-refractivity contribution in [3.63, 3.8) is 0 Å². The predicted molar refractivity (Wildman–Crippen MR) is 61.7 cm³/mol. The lowest BCUT2D eigenvalue weighted by Gasteiger charge is -2.21. The number of ketones is 1. The average Bonchev–Trinajstić information content (AvgIpc) is 2.98. The first-order valence-corrected chi connectivity index (χ1v) is 5.74. The lowest BCUT2D eigenvalue weighted by molar-refractivity contribution is -0.124. The molecule has 5 heteroatoms. The van der Waals surface area contributed by atoms with Crippen molar-refractivity contribution in [1.29, 1.82) is 0 Å². The number of hydrogen-bond acceptors (Lipinski definition) is 4. The van der Waals surface area contributed by atoms with Crippen molar-refractivity contribution in [2.24, 2.45) is 0 Å². The fraction of sp³-hybridized carbons (Fsp3) is 0.500. The van der Waals surface area contributed by atoms with Crippen LogP contribution in [0.4, 0.5) is 0 Å². The van der Waals surface area contributed by atoms with Gasteiger partial charge in [0.25, 0.3) is 0 Å². The van der Waals surface area contributed by atoms with Crippen LogP contribution in [0.2, 0.25) is 0 Å². The van der Waals surface area contributed by atoms with Gasteiger partial charge in [0.1, 0.15) is 0 Å². The molecule has 2 heterocycles. The molecule has 1 unspecified atom stereocenters. The van der Waals surface area contributed by atoms with Crippen molar-refractivity contribution in [1.82, 2.24) is 10.2 Å². The van der Waals surface area contributed by atoms with Crippen LogP contribution < -0.4 is 5.32 Å². The summed E-state index contributed by atoms with van der Waals surface area (Å²) >= 11 is 0. The molecular weight excluding hydrogens is 220 g/mol. The summed E-state index contributed by atoms with van der Waals surface area (Å²) in [6, 6.07) is 3.15. The molecule has 1 aromatic rings. The van der Waals surface area contributed by atoms with Crippen LogP contribution in [-0.2, 0) is 4.79 Å². The Morgan fingerprint density at radius 3 is 3.06 bits per heavy atom. The molecule has 0 saturated carbocycles. The van der Waals surface area contributed by atoms with Crippen LogP contribution in [-0.4, -0.2) is 42.8 Å². The zero-order chi connectivity index (χ0) is 12.3. The minimum absolute atomic E-state index is 0.0188. The molecule has 1 amide bonds. The second-order valence-corrected chi connectivity index (χ2v) is 4.14. The maximum atomic E-state index is 11.9. The van der Waals surface area contributed by atoms with E-state index in [1.807, 2.05) is 4.90 Å². The standard InChI is InChI=1S/C12H16N2O3/c1-13-12(16)9-4-2-6-14(9)8-10(15)11-5-3-7-17-11/h3,5,7,9H,2,4,6,8H2,1H3,(H,13,16). The number of amides is 1. The van der Waals surface area contributed by atoms with Gasteiger partial charge < -0.3 is 9.73 Å². The summed E-state index contributed by atoms with van der Waals surface area (Å²) in [6.45, 7) is 1.02. The van der Waals surface area contributed by atoms with E-state index in [4.69, 9.17) is 4.42 Å². The Morgan fingerprint density at radius 1 is 1.59 bits per heavy atom. The Morgan fingerprint density at radius 2 is 2.41 bits per heavy atom. The zero-order valence-corrected chi connectivity index (χ0v) is 9.81. The molecule has 1 saturated heterocycles. The number of hydrogen-bond donors (Lipinski definition) is 1. The molecule has 0 aromatic carbocycles. The first kappa shape index (κ1) is 11.9. The molecule has 0 bridgehead atoms. The average molecular weight is 236 g/mol. The molecule has 92 valence electrons. The summed E-state index contributed by atoms with van der Waals surface area (Å²) < 4.78 is 5.05. The normalized spacial score (nSPS) is 20.4. The first-order valence-electron chi connectivity index (χ1n) is 5.74. The maximum Gasteiger partial charge on any atom is 0.237 e. The fourth-order valence-corrected chi connectivity index (χ4v) is 2.18. The Labute approximate surface area is 99.8 Å². The molecule has 1 aromatic heterocycles. The number of likely N-dealkylation sites (tertiary alicyclic amines) is 1. The molecule has 0 aliphatic carbocycles. The highest BCUT2D eigenvalue weighted by Crippen LogP contribution is 2.17. The number of carbonyl (C=O) groups excluding carboxylic acids is 2. The van der Waals surface area contributed by atoms with E-state index < -0.39 is 0 Å². The van der Waals surface area contributed by atoms with Gasteiger partial charge in [0.05, 0.1) is 18.8 Å². The van der Waals surface area contributed by atoms with Gasteiger partial charge in [0.15, 0.2) is 5.76 Å². The zero-order valence-electron chi connectivity index (χ0n) is 9.81. The molecule has 1 fully saturated rings. The summed E-state index contributed by atoms with van der Waals surface area (Å²) in [5.41, 5.74) is 0. The number of Topliss-reactive ketones (excluding diaryl/α,β-unsaturated/α-hetero) is 1. The van der Waals surface area contributed by atoms with Crippen LogP contribution in [0.15, 0.2) is 22.8 Å². The van der Waals surface area contributed by atoms with Crippen molar-refractivity contribution >= 4 is 11.7 Å². The van der Waals surface area contributed by atoms with E-state index >= 15 is 0 Å². The highest BCUT2D eigenvalue weighted by atomic mass is 16.3. The van der Waals surface area contributed by atoms with Crippen LogP contribution in [0.5, 0.6) is 0 Å². The summed E-state index contributed by atoms with van der Waals surface area (Å²) in [4.78, 5) is 25.4. The van der Waals surface area contributed by atoms with Gasteiger partial charge in [-0.3, -0.25) is 14.5 Å². The van der Waals surface area contributed by atoms with E-state index in [1.165, 1.54) is 6.26 Å². The van der Waals surface area contributed by atoms with Crippen LogP contribution >= 0.6 is 0 Å².